The van der Waals surface area contributed by atoms with Crippen molar-refractivity contribution in [3.05, 3.63) is 0 Å². The molecule has 5 nitrogen and oxygen atoms in total. The summed E-state index contributed by atoms with van der Waals surface area (Å²) in [5.74, 6) is -4.37. The van der Waals surface area contributed by atoms with Gasteiger partial charge in [0.2, 0.25) is 0 Å². The van der Waals surface area contributed by atoms with Crippen molar-refractivity contribution in [1.29, 1.82) is 0 Å². The van der Waals surface area contributed by atoms with Gasteiger partial charge in [0, 0.05) is 0 Å². The number of aliphatic carboxylic acids is 2. The van der Waals surface area contributed by atoms with Crippen molar-refractivity contribution < 1.29 is 84.4 Å². The van der Waals surface area contributed by atoms with Gasteiger partial charge in [-0.15, -0.1) is 0 Å². The van der Waals surface area contributed by atoms with E-state index in [0.717, 1.165) is 0 Å². The van der Waals surface area contributed by atoms with E-state index in [1.165, 1.54) is 0 Å². The van der Waals surface area contributed by atoms with Crippen LogP contribution in [0.3, 0.4) is 0 Å². The van der Waals surface area contributed by atoms with E-state index in [1.807, 2.05) is 0 Å². The fourth-order valence-corrected chi connectivity index (χ4v) is 0. The Balaban J connectivity index is -0.0000000417. The molecule has 0 heterocycles. The number of carbonyl (C=O) groups excluding carboxylic acids is 2. The molecule has 1 N–H and O–H groups in total. The molecule has 0 atom stereocenters. The summed E-state index contributed by atoms with van der Waals surface area (Å²) < 4.78 is 0. The number of carbonyl (C=O) groups is 2. The SMILES string of the molecule is O=C([O-])C(=O)[O-].[Na+].[Na+].[OH-]. The first-order valence-electron chi connectivity index (χ1n) is 1.07. The van der Waals surface area contributed by atoms with Crippen LogP contribution >= 0.6 is 0 Å². The summed E-state index contributed by atoms with van der Waals surface area (Å²) in [6, 6.07) is 0. The molecule has 0 aromatic carbocycles. The molecule has 0 aliphatic carbocycles. The molecule has 0 rings (SSSR count). The molecule has 0 aromatic heterocycles. The Morgan fingerprint density at radius 2 is 1.00 bits per heavy atom. The molecule has 0 amide bonds. The van der Waals surface area contributed by atoms with Gasteiger partial charge in [-0.05, 0) is 0 Å². The monoisotopic (exact) mass is 151 g/mol. The quantitative estimate of drug-likeness (QED) is 0.252. The van der Waals surface area contributed by atoms with Gasteiger partial charge in [-0.25, -0.2) is 0 Å². The number of hydrogen-bond donors (Lipinski definition) is 0. The summed E-state index contributed by atoms with van der Waals surface area (Å²) in [6.45, 7) is 0. The molecule has 0 saturated heterocycles. The van der Waals surface area contributed by atoms with Gasteiger partial charge in [-0.1, -0.05) is 0 Å². The molecular formula is C2HNa2O5-. The Labute approximate surface area is 95.3 Å². The Morgan fingerprint density at radius 1 is 0.889 bits per heavy atom. The number of carboxylic acids is 2. The molecule has 0 spiro atoms. The molecule has 0 aliphatic rings. The van der Waals surface area contributed by atoms with Crippen LogP contribution in [0.2, 0.25) is 0 Å². The maximum atomic E-state index is 8.93. The second-order valence-corrected chi connectivity index (χ2v) is 0.575. The Kier molecular flexibility index (Phi) is 29.2. The molecule has 0 radical (unpaired) electrons. The predicted molar refractivity (Wildman–Crippen MR) is 11.9 cm³/mol. The molecule has 9 heavy (non-hydrogen) atoms. The van der Waals surface area contributed by atoms with E-state index in [4.69, 9.17) is 19.8 Å². The van der Waals surface area contributed by atoms with E-state index >= 15 is 0 Å². The van der Waals surface area contributed by atoms with E-state index in [2.05, 4.69) is 0 Å². The van der Waals surface area contributed by atoms with Crippen LogP contribution in [0.25, 0.3) is 0 Å². The maximum Gasteiger partial charge on any atom is 1.00 e. The summed E-state index contributed by atoms with van der Waals surface area (Å²) in [5.41, 5.74) is 0. The zero-order valence-electron chi connectivity index (χ0n) is 5.08. The minimum Gasteiger partial charge on any atom is -0.870 e. The largest absolute Gasteiger partial charge is 1.00 e. The standard InChI is InChI=1S/C2H2O4.2Na.H2O/c3-1(4)2(5)6;;;/h(H,3,4)(H,5,6);;;1H2/q;2*+1;/p-3. The minimum atomic E-state index is -2.19. The van der Waals surface area contributed by atoms with Crippen LogP contribution in [0.5, 0.6) is 0 Å². The van der Waals surface area contributed by atoms with Crippen LogP contribution in [0.4, 0.5) is 0 Å². The molecule has 0 saturated carbocycles. The van der Waals surface area contributed by atoms with E-state index < -0.39 is 11.9 Å². The van der Waals surface area contributed by atoms with Crippen molar-refractivity contribution in [3.8, 4) is 0 Å². The second kappa shape index (κ2) is 11.7. The van der Waals surface area contributed by atoms with E-state index in [0.29, 0.717) is 0 Å². The summed E-state index contributed by atoms with van der Waals surface area (Å²) in [4.78, 5) is 17.9. The van der Waals surface area contributed by atoms with Gasteiger partial charge in [0.1, 0.15) is 0 Å². The summed E-state index contributed by atoms with van der Waals surface area (Å²) in [7, 11) is 0. The minimum absolute atomic E-state index is 0. The Morgan fingerprint density at radius 3 is 1.00 bits per heavy atom. The first-order chi connectivity index (χ1) is 2.64. The molecule has 0 fully saturated rings. The van der Waals surface area contributed by atoms with Crippen LogP contribution in [0.15, 0.2) is 0 Å². The van der Waals surface area contributed by atoms with Gasteiger partial charge < -0.3 is 25.3 Å². The maximum absolute atomic E-state index is 8.93. The Hall–Kier alpha value is 0.900. The number of carboxylic acid groups (broad SMARTS) is 2. The van der Waals surface area contributed by atoms with E-state index in [1.54, 1.807) is 0 Å². The average molecular weight is 151 g/mol. The fraction of sp³-hybridized carbons (Fsp3) is 0. The molecule has 0 unspecified atom stereocenters. The number of hydrogen-bond acceptors (Lipinski definition) is 5. The van der Waals surface area contributed by atoms with Crippen LogP contribution in [0.1, 0.15) is 0 Å². The third-order valence-electron chi connectivity index (χ3n) is 0.167. The average Bonchev–Trinajstić information content (AvgIpc) is 1.36. The molecule has 0 aliphatic heterocycles. The van der Waals surface area contributed by atoms with Gasteiger partial charge >= 0.3 is 59.1 Å². The van der Waals surface area contributed by atoms with Crippen molar-refractivity contribution in [2.24, 2.45) is 0 Å². The van der Waals surface area contributed by atoms with E-state index in [9.17, 15) is 0 Å². The van der Waals surface area contributed by atoms with Crippen LogP contribution in [-0.2, 0) is 9.59 Å². The molecule has 42 valence electrons. The first-order valence-corrected chi connectivity index (χ1v) is 1.07. The van der Waals surface area contributed by atoms with Crippen molar-refractivity contribution in [2.45, 2.75) is 0 Å². The first kappa shape index (κ1) is 22.5. The van der Waals surface area contributed by atoms with Crippen molar-refractivity contribution in [2.75, 3.05) is 0 Å². The van der Waals surface area contributed by atoms with Crippen LogP contribution in [-0.4, -0.2) is 17.4 Å². The van der Waals surface area contributed by atoms with Gasteiger partial charge in [-0.2, -0.15) is 0 Å². The van der Waals surface area contributed by atoms with Gasteiger partial charge in [0.25, 0.3) is 0 Å². The second-order valence-electron chi connectivity index (χ2n) is 0.575. The van der Waals surface area contributed by atoms with Crippen molar-refractivity contribution in [3.63, 3.8) is 0 Å². The Bertz CT molecular complexity index is 79.0. The number of rotatable bonds is 0. The molecule has 7 heteroatoms. The van der Waals surface area contributed by atoms with Gasteiger partial charge in [-0.3, -0.25) is 0 Å². The summed E-state index contributed by atoms with van der Waals surface area (Å²) >= 11 is 0. The topological polar surface area (TPSA) is 110 Å². The zero-order chi connectivity index (χ0) is 5.15. The summed E-state index contributed by atoms with van der Waals surface area (Å²) in [5, 5.41) is 17.9. The van der Waals surface area contributed by atoms with Crippen molar-refractivity contribution in [1.82, 2.24) is 0 Å². The van der Waals surface area contributed by atoms with Gasteiger partial charge in [0.05, 0.1) is 11.9 Å². The normalized spacial score (nSPS) is 4.89. The third-order valence-corrected chi connectivity index (χ3v) is 0.167. The third kappa shape index (κ3) is 17.6. The van der Waals surface area contributed by atoms with Crippen LogP contribution in [0, 0.1) is 0 Å². The van der Waals surface area contributed by atoms with Crippen molar-refractivity contribution >= 4 is 11.9 Å². The predicted octanol–water partition coefficient (Wildman–Crippen LogP) is -9.68. The van der Waals surface area contributed by atoms with Crippen LogP contribution < -0.4 is 69.3 Å². The smallest absolute Gasteiger partial charge is 0.870 e. The zero-order valence-corrected chi connectivity index (χ0v) is 9.08. The summed E-state index contributed by atoms with van der Waals surface area (Å²) in [6.07, 6.45) is 0. The fourth-order valence-electron chi connectivity index (χ4n) is 0. The van der Waals surface area contributed by atoms with Gasteiger partial charge in [0.15, 0.2) is 0 Å². The molecule has 0 bridgehead atoms. The molecular weight excluding hydrogens is 150 g/mol. The molecule has 0 aromatic rings. The van der Waals surface area contributed by atoms with E-state index in [-0.39, 0.29) is 64.6 Å².